The van der Waals surface area contributed by atoms with Crippen molar-refractivity contribution in [1.29, 1.82) is 0 Å². The first-order valence-electron chi connectivity index (χ1n) is 13.8. The van der Waals surface area contributed by atoms with Crippen molar-refractivity contribution in [3.05, 3.63) is 119 Å². The molecule has 0 fully saturated rings. The van der Waals surface area contributed by atoms with Gasteiger partial charge < -0.3 is 14.8 Å². The minimum atomic E-state index is -0.683. The topological polar surface area (TPSA) is 163 Å². The Morgan fingerprint density at radius 1 is 0.957 bits per heavy atom. The van der Waals surface area contributed by atoms with Crippen LogP contribution >= 0.6 is 11.6 Å². The molecule has 5 aromatic rings. The van der Waals surface area contributed by atoms with Gasteiger partial charge in [-0.15, -0.1) is 10.2 Å². The third kappa shape index (κ3) is 7.76. The van der Waals surface area contributed by atoms with Crippen LogP contribution in [0.1, 0.15) is 33.4 Å². The van der Waals surface area contributed by atoms with Crippen molar-refractivity contribution < 1.29 is 23.9 Å². The molecule has 3 aromatic carbocycles. The molecule has 1 atom stereocenters. The normalized spacial score (nSPS) is 11.5. The van der Waals surface area contributed by atoms with E-state index in [-0.39, 0.29) is 5.69 Å². The monoisotopic (exact) mass is 638 g/mol. The molecule has 5 rings (SSSR count). The van der Waals surface area contributed by atoms with Gasteiger partial charge in [0.2, 0.25) is 5.91 Å². The van der Waals surface area contributed by atoms with E-state index in [1.54, 1.807) is 54.6 Å². The summed E-state index contributed by atoms with van der Waals surface area (Å²) < 4.78 is 11.1. The Hall–Kier alpha value is -5.95. The molecule has 0 saturated heterocycles. The van der Waals surface area contributed by atoms with Gasteiger partial charge in [-0.2, -0.15) is 9.78 Å². The molecule has 0 aliphatic carbocycles. The predicted molar refractivity (Wildman–Crippen MR) is 169 cm³/mol. The van der Waals surface area contributed by atoms with Crippen molar-refractivity contribution in [2.45, 2.75) is 12.5 Å². The summed E-state index contributed by atoms with van der Waals surface area (Å²) >= 11 is 6.23. The highest BCUT2D eigenvalue weighted by atomic mass is 35.5. The number of rotatable bonds is 10. The average Bonchev–Trinajstić information content (AvgIpc) is 3.62. The van der Waals surface area contributed by atoms with Crippen LogP contribution in [0.4, 0.5) is 10.5 Å². The molecule has 2 aromatic heterocycles. The molecular formula is C32H27ClN8O5. The molecule has 14 heteroatoms. The van der Waals surface area contributed by atoms with Gasteiger partial charge in [0.15, 0.2) is 5.69 Å². The standard InChI is InChI=1S/C32H27ClN8O5/c1-45-31(43)30-25(21-8-12-24(13-9-21)35-32(44)46-2)18-27(37-38-30)26(16-20-6-4-3-5-7-20)36-29(42)15-10-22-17-23(33)11-14-28(22)41-19-34-39-40-41/h3-15,17-19,26H,16H2,1-2H3,(H,35,44)(H,36,42)/t26-/m0/s1. The van der Waals surface area contributed by atoms with Gasteiger partial charge in [-0.05, 0) is 70.4 Å². The number of benzene rings is 3. The van der Waals surface area contributed by atoms with Crippen LogP contribution < -0.4 is 10.6 Å². The van der Waals surface area contributed by atoms with Crippen LogP contribution in [-0.4, -0.2) is 62.6 Å². The van der Waals surface area contributed by atoms with Gasteiger partial charge in [-0.1, -0.05) is 54.1 Å². The van der Waals surface area contributed by atoms with Crippen LogP contribution in [0.5, 0.6) is 0 Å². The Labute approximate surface area is 268 Å². The van der Waals surface area contributed by atoms with Gasteiger partial charge in [0, 0.05) is 27.9 Å². The second-order valence-corrected chi connectivity index (χ2v) is 10.2. The smallest absolute Gasteiger partial charge is 0.411 e. The van der Waals surface area contributed by atoms with E-state index in [0.29, 0.717) is 45.2 Å². The second kappa shape index (κ2) is 14.7. The summed E-state index contributed by atoms with van der Waals surface area (Å²) in [4.78, 5) is 37.6. The summed E-state index contributed by atoms with van der Waals surface area (Å²) in [6, 6.07) is 22.5. The highest BCUT2D eigenvalue weighted by Gasteiger charge is 2.23. The molecule has 2 N–H and O–H groups in total. The first kappa shape index (κ1) is 31.5. The number of nitrogens with one attached hydrogen (secondary N) is 2. The summed E-state index contributed by atoms with van der Waals surface area (Å²) in [6.07, 6.45) is 4.18. The maximum absolute atomic E-state index is 13.4. The zero-order valence-corrected chi connectivity index (χ0v) is 25.4. The quantitative estimate of drug-likeness (QED) is 0.160. The molecule has 2 heterocycles. The van der Waals surface area contributed by atoms with Crippen LogP contribution in [0.15, 0.2) is 91.3 Å². The lowest BCUT2D eigenvalue weighted by molar-refractivity contribution is -0.117. The van der Waals surface area contributed by atoms with Crippen molar-refractivity contribution in [2.75, 3.05) is 19.5 Å². The predicted octanol–water partition coefficient (Wildman–Crippen LogP) is 4.85. The highest BCUT2D eigenvalue weighted by Crippen LogP contribution is 2.28. The lowest BCUT2D eigenvalue weighted by Crippen LogP contribution is -2.29. The van der Waals surface area contributed by atoms with Crippen molar-refractivity contribution in [3.8, 4) is 16.8 Å². The summed E-state index contributed by atoms with van der Waals surface area (Å²) in [5, 5.41) is 25.9. The van der Waals surface area contributed by atoms with Crippen molar-refractivity contribution >= 4 is 41.3 Å². The van der Waals surface area contributed by atoms with Crippen LogP contribution in [0.2, 0.25) is 5.02 Å². The minimum Gasteiger partial charge on any atom is -0.464 e. The molecule has 0 unspecified atom stereocenters. The Morgan fingerprint density at radius 2 is 1.74 bits per heavy atom. The molecule has 232 valence electrons. The molecule has 0 saturated carbocycles. The first-order chi connectivity index (χ1) is 22.3. The number of nitrogens with zero attached hydrogens (tertiary/aromatic N) is 6. The van der Waals surface area contributed by atoms with Gasteiger partial charge in [0.05, 0.1) is 31.6 Å². The van der Waals surface area contributed by atoms with E-state index < -0.39 is 24.0 Å². The molecule has 0 bridgehead atoms. The molecule has 0 radical (unpaired) electrons. The molecule has 0 spiro atoms. The Bertz CT molecular complexity index is 1870. The third-order valence-electron chi connectivity index (χ3n) is 6.78. The molecule has 0 aliphatic rings. The SMILES string of the molecule is COC(=O)Nc1ccc(-c2cc([C@H](Cc3ccccc3)NC(=O)C=Cc3cc(Cl)ccc3-n3cnnn3)nnc2C(=O)OC)cc1. The van der Waals surface area contributed by atoms with E-state index in [0.717, 1.165) is 5.56 Å². The van der Waals surface area contributed by atoms with E-state index in [4.69, 9.17) is 16.3 Å². The summed E-state index contributed by atoms with van der Waals surface area (Å²) in [5.41, 5.74) is 4.09. The second-order valence-electron chi connectivity index (χ2n) is 9.76. The number of anilines is 1. The molecule has 13 nitrogen and oxygen atoms in total. The third-order valence-corrected chi connectivity index (χ3v) is 7.01. The molecular weight excluding hydrogens is 612 g/mol. The van der Waals surface area contributed by atoms with Crippen LogP contribution in [-0.2, 0) is 20.7 Å². The average molecular weight is 639 g/mol. The van der Waals surface area contributed by atoms with Crippen molar-refractivity contribution in [1.82, 2.24) is 35.7 Å². The summed E-state index contributed by atoms with van der Waals surface area (Å²) in [7, 11) is 2.52. The fourth-order valence-electron chi connectivity index (χ4n) is 4.55. The van der Waals surface area contributed by atoms with E-state index in [1.807, 2.05) is 30.3 Å². The summed E-state index contributed by atoms with van der Waals surface area (Å²) in [5.74, 6) is -1.10. The number of hydrogen-bond acceptors (Lipinski definition) is 10. The number of carbonyl (C=O) groups excluding carboxylic acids is 3. The molecule has 0 aliphatic heterocycles. The number of halogens is 1. The largest absolute Gasteiger partial charge is 0.464 e. The summed E-state index contributed by atoms with van der Waals surface area (Å²) in [6.45, 7) is 0. The molecule has 46 heavy (non-hydrogen) atoms. The Balaban J connectivity index is 1.48. The number of hydrogen-bond donors (Lipinski definition) is 2. The zero-order valence-electron chi connectivity index (χ0n) is 24.6. The van der Waals surface area contributed by atoms with E-state index in [1.165, 1.54) is 31.3 Å². The number of esters is 1. The number of aromatic nitrogens is 6. The maximum atomic E-state index is 13.4. The van der Waals surface area contributed by atoms with Gasteiger partial charge >= 0.3 is 12.1 Å². The van der Waals surface area contributed by atoms with E-state index in [2.05, 4.69) is 41.1 Å². The highest BCUT2D eigenvalue weighted by molar-refractivity contribution is 6.30. The number of methoxy groups -OCH3 is 2. The van der Waals surface area contributed by atoms with Gasteiger partial charge in [-0.3, -0.25) is 10.1 Å². The van der Waals surface area contributed by atoms with E-state index >= 15 is 0 Å². The van der Waals surface area contributed by atoms with Crippen molar-refractivity contribution in [2.24, 2.45) is 0 Å². The lowest BCUT2D eigenvalue weighted by atomic mass is 9.98. The van der Waals surface area contributed by atoms with Crippen LogP contribution in [0, 0.1) is 0 Å². The fraction of sp³-hybridized carbons (Fsp3) is 0.125. The van der Waals surface area contributed by atoms with Crippen molar-refractivity contribution in [3.63, 3.8) is 0 Å². The Kier molecular flexibility index (Phi) is 10.0. The molecule has 2 amide bonds. The zero-order chi connectivity index (χ0) is 32.5. The minimum absolute atomic E-state index is 0.0132. The number of amides is 2. The van der Waals surface area contributed by atoms with Gasteiger partial charge in [-0.25, -0.2) is 9.59 Å². The van der Waals surface area contributed by atoms with E-state index in [9.17, 15) is 14.4 Å². The number of carbonyl (C=O) groups is 3. The first-order valence-corrected chi connectivity index (χ1v) is 14.2. The Morgan fingerprint density at radius 3 is 2.43 bits per heavy atom. The van der Waals surface area contributed by atoms with Gasteiger partial charge in [0.25, 0.3) is 0 Å². The fourth-order valence-corrected chi connectivity index (χ4v) is 4.73. The van der Waals surface area contributed by atoms with Crippen LogP contribution in [0.25, 0.3) is 22.9 Å². The maximum Gasteiger partial charge on any atom is 0.411 e. The van der Waals surface area contributed by atoms with Gasteiger partial charge in [0.1, 0.15) is 6.33 Å². The number of ether oxygens (including phenoxy) is 2. The lowest BCUT2D eigenvalue weighted by Gasteiger charge is -2.19. The van der Waals surface area contributed by atoms with Crippen LogP contribution in [0.3, 0.4) is 0 Å². The number of tetrazole rings is 1.